The highest BCUT2D eigenvalue weighted by molar-refractivity contribution is 7.19. The first-order chi connectivity index (χ1) is 13.1. The van der Waals surface area contributed by atoms with Crippen LogP contribution in [0.4, 0.5) is 0 Å². The van der Waals surface area contributed by atoms with Crippen molar-refractivity contribution in [1.29, 1.82) is 0 Å². The second kappa shape index (κ2) is 6.96. The zero-order valence-electron chi connectivity index (χ0n) is 15.0. The molecule has 2 heterocycles. The molecule has 0 radical (unpaired) electrons. The first-order valence-corrected chi connectivity index (χ1v) is 9.45. The summed E-state index contributed by atoms with van der Waals surface area (Å²) in [7, 11) is 1.62. The van der Waals surface area contributed by atoms with Gasteiger partial charge in [0, 0.05) is 10.1 Å². The highest BCUT2D eigenvalue weighted by atomic mass is 32.1. The molecule has 0 aliphatic carbocycles. The van der Waals surface area contributed by atoms with E-state index in [4.69, 9.17) is 19.9 Å². The molecule has 2 aromatic carbocycles. The zero-order chi connectivity index (χ0) is 19.0. The van der Waals surface area contributed by atoms with Crippen LogP contribution in [-0.2, 0) is 9.53 Å². The quantitative estimate of drug-likeness (QED) is 0.687. The summed E-state index contributed by atoms with van der Waals surface area (Å²) in [5.41, 5.74) is 7.46. The average Bonchev–Trinajstić information content (AvgIpc) is 3.05. The van der Waals surface area contributed by atoms with Gasteiger partial charge in [0.25, 0.3) is 0 Å². The van der Waals surface area contributed by atoms with Crippen molar-refractivity contribution in [2.45, 2.75) is 12.8 Å². The molecule has 0 unspecified atom stereocenters. The van der Waals surface area contributed by atoms with Gasteiger partial charge in [-0.2, -0.15) is 0 Å². The molecule has 1 aliphatic rings. The first kappa shape index (κ1) is 17.4. The third-order valence-electron chi connectivity index (χ3n) is 4.55. The van der Waals surface area contributed by atoms with Crippen molar-refractivity contribution in [1.82, 2.24) is 0 Å². The van der Waals surface area contributed by atoms with Crippen LogP contribution in [0, 0.1) is 0 Å². The summed E-state index contributed by atoms with van der Waals surface area (Å²) in [6, 6.07) is 15.6. The Hall–Kier alpha value is -2.99. The number of ether oxygens (including phenoxy) is 3. The SMILES string of the molecule is CCOC(=O)C1=C(N)Oc2c(sc3ccccc23)[C@@H]1c1ccc(OC)cc1. The Morgan fingerprint density at radius 2 is 1.93 bits per heavy atom. The van der Waals surface area contributed by atoms with Crippen LogP contribution in [0.5, 0.6) is 11.5 Å². The number of rotatable bonds is 4. The third-order valence-corrected chi connectivity index (χ3v) is 5.77. The number of thiophene rings is 1. The lowest BCUT2D eigenvalue weighted by Crippen LogP contribution is -2.26. The summed E-state index contributed by atoms with van der Waals surface area (Å²) in [4.78, 5) is 13.6. The Labute approximate surface area is 161 Å². The molecule has 0 bridgehead atoms. The smallest absolute Gasteiger partial charge is 0.340 e. The fraction of sp³-hybridized carbons (Fsp3) is 0.190. The van der Waals surface area contributed by atoms with Gasteiger partial charge in [-0.3, -0.25) is 0 Å². The molecular formula is C21H19NO4S. The van der Waals surface area contributed by atoms with Gasteiger partial charge in [-0.1, -0.05) is 24.3 Å². The first-order valence-electron chi connectivity index (χ1n) is 8.64. The van der Waals surface area contributed by atoms with Crippen LogP contribution in [0.3, 0.4) is 0 Å². The van der Waals surface area contributed by atoms with Crippen molar-refractivity contribution in [3.05, 3.63) is 70.4 Å². The highest BCUT2D eigenvalue weighted by Gasteiger charge is 2.37. The fourth-order valence-electron chi connectivity index (χ4n) is 3.32. The monoisotopic (exact) mass is 381 g/mol. The van der Waals surface area contributed by atoms with Crippen LogP contribution < -0.4 is 15.2 Å². The van der Waals surface area contributed by atoms with Gasteiger partial charge in [0.1, 0.15) is 11.3 Å². The number of carbonyl (C=O) groups is 1. The number of carbonyl (C=O) groups excluding carboxylic acids is 1. The van der Waals surface area contributed by atoms with Crippen molar-refractivity contribution in [2.24, 2.45) is 5.73 Å². The number of fused-ring (bicyclic) bond motifs is 3. The molecule has 1 atom stereocenters. The number of hydrogen-bond donors (Lipinski definition) is 1. The summed E-state index contributed by atoms with van der Waals surface area (Å²) in [6.07, 6.45) is 0. The van der Waals surface area contributed by atoms with E-state index in [0.29, 0.717) is 11.3 Å². The third kappa shape index (κ3) is 2.92. The van der Waals surface area contributed by atoms with Crippen LogP contribution in [0.25, 0.3) is 10.1 Å². The molecule has 4 rings (SSSR count). The predicted octanol–water partition coefficient (Wildman–Crippen LogP) is 4.17. The van der Waals surface area contributed by atoms with Gasteiger partial charge in [0.15, 0.2) is 5.75 Å². The summed E-state index contributed by atoms with van der Waals surface area (Å²) >= 11 is 1.60. The van der Waals surface area contributed by atoms with E-state index in [1.54, 1.807) is 25.4 Å². The average molecular weight is 381 g/mol. The normalized spacial score (nSPS) is 16.0. The fourth-order valence-corrected chi connectivity index (χ4v) is 4.59. The minimum absolute atomic E-state index is 0.0883. The van der Waals surface area contributed by atoms with Gasteiger partial charge >= 0.3 is 5.97 Å². The molecule has 6 heteroatoms. The summed E-state index contributed by atoms with van der Waals surface area (Å²) < 4.78 is 17.5. The molecule has 0 saturated carbocycles. The topological polar surface area (TPSA) is 70.8 Å². The number of benzene rings is 2. The summed E-state index contributed by atoms with van der Waals surface area (Å²) in [5, 5.41) is 0.988. The van der Waals surface area contributed by atoms with E-state index in [-0.39, 0.29) is 18.4 Å². The van der Waals surface area contributed by atoms with E-state index < -0.39 is 5.97 Å². The van der Waals surface area contributed by atoms with E-state index in [2.05, 4.69) is 0 Å². The van der Waals surface area contributed by atoms with Crippen molar-refractivity contribution in [3.8, 4) is 11.5 Å². The van der Waals surface area contributed by atoms with Gasteiger partial charge in [-0.25, -0.2) is 4.79 Å². The summed E-state index contributed by atoms with van der Waals surface area (Å²) in [5.74, 6) is 0.735. The number of esters is 1. The van der Waals surface area contributed by atoms with Crippen molar-refractivity contribution in [2.75, 3.05) is 13.7 Å². The van der Waals surface area contributed by atoms with E-state index in [1.165, 1.54) is 0 Å². The highest BCUT2D eigenvalue weighted by Crippen LogP contribution is 2.50. The molecule has 138 valence electrons. The molecule has 1 aliphatic heterocycles. The molecule has 0 fully saturated rings. The minimum atomic E-state index is -0.459. The lowest BCUT2D eigenvalue weighted by Gasteiger charge is -2.26. The Balaban J connectivity index is 1.92. The summed E-state index contributed by atoms with van der Waals surface area (Å²) in [6.45, 7) is 2.04. The molecule has 2 N–H and O–H groups in total. The Morgan fingerprint density at radius 3 is 2.63 bits per heavy atom. The zero-order valence-corrected chi connectivity index (χ0v) is 15.8. The molecule has 0 spiro atoms. The predicted molar refractivity (Wildman–Crippen MR) is 105 cm³/mol. The van der Waals surface area contributed by atoms with E-state index in [1.807, 2.05) is 48.5 Å². The number of methoxy groups -OCH3 is 1. The van der Waals surface area contributed by atoms with Crippen molar-refractivity contribution < 1.29 is 19.0 Å². The lowest BCUT2D eigenvalue weighted by atomic mass is 9.87. The van der Waals surface area contributed by atoms with E-state index >= 15 is 0 Å². The Bertz CT molecular complexity index is 1040. The molecular weight excluding hydrogens is 362 g/mol. The Morgan fingerprint density at radius 1 is 1.19 bits per heavy atom. The van der Waals surface area contributed by atoms with Gasteiger partial charge in [0.05, 0.1) is 24.5 Å². The standard InChI is InChI=1S/C21H19NO4S/c1-3-25-21(23)17-16(12-8-10-13(24-2)11-9-12)19-18(26-20(17)22)14-6-4-5-7-15(14)27-19/h4-11,16H,3,22H2,1-2H3/t16-/m1/s1. The van der Waals surface area contributed by atoms with E-state index in [0.717, 1.165) is 26.3 Å². The van der Waals surface area contributed by atoms with Gasteiger partial charge in [-0.15, -0.1) is 11.3 Å². The largest absolute Gasteiger partial charge is 0.497 e. The van der Waals surface area contributed by atoms with E-state index in [9.17, 15) is 4.79 Å². The maximum absolute atomic E-state index is 12.7. The van der Waals surface area contributed by atoms with Crippen LogP contribution >= 0.6 is 11.3 Å². The number of hydrogen-bond acceptors (Lipinski definition) is 6. The van der Waals surface area contributed by atoms with Crippen LogP contribution in [0.1, 0.15) is 23.3 Å². The van der Waals surface area contributed by atoms with Gasteiger partial charge in [0.2, 0.25) is 5.88 Å². The second-order valence-corrected chi connectivity index (χ2v) is 7.18. The molecule has 27 heavy (non-hydrogen) atoms. The molecule has 5 nitrogen and oxygen atoms in total. The molecule has 1 aromatic heterocycles. The minimum Gasteiger partial charge on any atom is -0.497 e. The lowest BCUT2D eigenvalue weighted by molar-refractivity contribution is -0.139. The maximum Gasteiger partial charge on any atom is 0.340 e. The second-order valence-electron chi connectivity index (χ2n) is 6.10. The van der Waals surface area contributed by atoms with Crippen LogP contribution in [-0.4, -0.2) is 19.7 Å². The molecule has 0 saturated heterocycles. The van der Waals surface area contributed by atoms with Crippen molar-refractivity contribution in [3.63, 3.8) is 0 Å². The van der Waals surface area contributed by atoms with Crippen molar-refractivity contribution >= 4 is 27.4 Å². The number of nitrogens with two attached hydrogens (primary N) is 1. The Kier molecular flexibility index (Phi) is 4.49. The van der Waals surface area contributed by atoms with Crippen LogP contribution in [0.2, 0.25) is 0 Å². The van der Waals surface area contributed by atoms with Gasteiger partial charge < -0.3 is 19.9 Å². The van der Waals surface area contributed by atoms with Gasteiger partial charge in [-0.05, 0) is 36.8 Å². The molecule has 0 amide bonds. The molecule has 3 aromatic rings. The van der Waals surface area contributed by atoms with Crippen LogP contribution in [0.15, 0.2) is 60.0 Å². The maximum atomic E-state index is 12.7.